The van der Waals surface area contributed by atoms with E-state index in [1.54, 1.807) is 12.1 Å². The molecule has 2 aromatic carbocycles. The fraction of sp³-hybridized carbons (Fsp3) is 0.261. The third-order valence-corrected chi connectivity index (χ3v) is 5.89. The van der Waals surface area contributed by atoms with E-state index in [-0.39, 0.29) is 41.6 Å². The number of halogens is 3. The van der Waals surface area contributed by atoms with Crippen molar-refractivity contribution in [2.75, 3.05) is 13.1 Å². The van der Waals surface area contributed by atoms with Gasteiger partial charge in [-0.25, -0.2) is 22.8 Å². The lowest BCUT2D eigenvalue weighted by Crippen LogP contribution is -2.40. The normalized spacial score (nSPS) is 16.2. The third kappa shape index (κ3) is 4.16. The predicted molar refractivity (Wildman–Crippen MR) is 116 cm³/mol. The van der Waals surface area contributed by atoms with Crippen LogP contribution in [-0.4, -0.2) is 48.9 Å². The van der Waals surface area contributed by atoms with Gasteiger partial charge in [-0.05, 0) is 42.7 Å². The molecule has 1 saturated heterocycles. The Morgan fingerprint density at radius 2 is 1.85 bits per heavy atom. The molecule has 174 valence electrons. The zero-order chi connectivity index (χ0) is 23.8. The van der Waals surface area contributed by atoms with E-state index in [9.17, 15) is 22.8 Å². The summed E-state index contributed by atoms with van der Waals surface area (Å²) in [6, 6.07) is 8.72. The summed E-state index contributed by atoms with van der Waals surface area (Å²) >= 11 is 0. The molecule has 5 rings (SSSR count). The molecule has 1 fully saturated rings. The quantitative estimate of drug-likeness (QED) is 0.497. The standard InChI is InChI=1S/C23H19F3N6O2/c24-15-5-3-13(4-6-15)11-32-21-19(29-30-32)22(33)28-20(27-21)14-2-1-9-31(12-14)23(34)17-8-7-16(25)10-18(17)26/h3-8,10,14H,1-2,9,11-12H2,(H,27,28,33)/t14-/m1/s1. The number of hydrogen-bond donors (Lipinski definition) is 1. The number of amides is 1. The first-order chi connectivity index (χ1) is 16.4. The maximum atomic E-state index is 14.1. The van der Waals surface area contributed by atoms with Gasteiger partial charge in [0.05, 0.1) is 12.1 Å². The van der Waals surface area contributed by atoms with Crippen LogP contribution < -0.4 is 5.56 Å². The molecule has 2 aromatic heterocycles. The second kappa shape index (κ2) is 8.73. The monoisotopic (exact) mass is 468 g/mol. The molecule has 1 N–H and O–H groups in total. The molecule has 1 atom stereocenters. The van der Waals surface area contributed by atoms with Gasteiger partial charge in [0.25, 0.3) is 11.5 Å². The van der Waals surface area contributed by atoms with Crippen molar-refractivity contribution in [3.63, 3.8) is 0 Å². The summed E-state index contributed by atoms with van der Waals surface area (Å²) in [5.74, 6) is -2.51. The Labute approximate surface area is 191 Å². The van der Waals surface area contributed by atoms with Gasteiger partial charge in [0.15, 0.2) is 11.2 Å². The van der Waals surface area contributed by atoms with E-state index in [1.165, 1.54) is 21.7 Å². The lowest BCUT2D eigenvalue weighted by molar-refractivity contribution is 0.0699. The first kappa shape index (κ1) is 21.8. The fourth-order valence-electron chi connectivity index (χ4n) is 4.16. The number of likely N-dealkylation sites (tertiary alicyclic amines) is 1. The number of H-pyrrole nitrogens is 1. The van der Waals surface area contributed by atoms with E-state index in [1.807, 2.05) is 0 Å². The summed E-state index contributed by atoms with van der Waals surface area (Å²) in [5.41, 5.74) is 0.436. The summed E-state index contributed by atoms with van der Waals surface area (Å²) in [5, 5.41) is 7.93. The fourth-order valence-corrected chi connectivity index (χ4v) is 4.16. The van der Waals surface area contributed by atoms with Crippen molar-refractivity contribution >= 4 is 17.1 Å². The summed E-state index contributed by atoms with van der Waals surface area (Å²) in [6.07, 6.45) is 1.28. The van der Waals surface area contributed by atoms with Crippen molar-refractivity contribution in [1.82, 2.24) is 29.9 Å². The molecule has 0 radical (unpaired) electrons. The van der Waals surface area contributed by atoms with E-state index in [2.05, 4.69) is 20.3 Å². The summed E-state index contributed by atoms with van der Waals surface area (Å²) in [7, 11) is 0. The van der Waals surface area contributed by atoms with Crippen LogP contribution in [0.3, 0.4) is 0 Å². The van der Waals surface area contributed by atoms with Gasteiger partial charge in [0, 0.05) is 25.1 Å². The molecule has 11 heteroatoms. The second-order valence-electron chi connectivity index (χ2n) is 8.21. The number of aromatic nitrogens is 5. The maximum Gasteiger partial charge on any atom is 0.281 e. The molecular formula is C23H19F3N6O2. The molecule has 0 spiro atoms. The van der Waals surface area contributed by atoms with Crippen LogP contribution in [0.1, 0.15) is 40.5 Å². The molecular weight excluding hydrogens is 449 g/mol. The number of aromatic amines is 1. The molecule has 1 amide bonds. The number of benzene rings is 2. The molecule has 0 saturated carbocycles. The lowest BCUT2D eigenvalue weighted by atomic mass is 9.96. The van der Waals surface area contributed by atoms with Crippen LogP contribution in [0, 0.1) is 17.5 Å². The van der Waals surface area contributed by atoms with Crippen molar-refractivity contribution in [2.45, 2.75) is 25.3 Å². The molecule has 8 nitrogen and oxygen atoms in total. The lowest BCUT2D eigenvalue weighted by Gasteiger charge is -2.32. The molecule has 3 heterocycles. The third-order valence-electron chi connectivity index (χ3n) is 5.89. The zero-order valence-electron chi connectivity index (χ0n) is 17.8. The number of carbonyl (C=O) groups excluding carboxylic acids is 1. The Kier molecular flexibility index (Phi) is 5.60. The van der Waals surface area contributed by atoms with Gasteiger partial charge >= 0.3 is 0 Å². The second-order valence-corrected chi connectivity index (χ2v) is 8.21. The average molecular weight is 468 g/mol. The minimum atomic E-state index is -0.921. The highest BCUT2D eigenvalue weighted by molar-refractivity contribution is 5.94. The minimum absolute atomic E-state index is 0.0722. The highest BCUT2D eigenvalue weighted by atomic mass is 19.1. The van der Waals surface area contributed by atoms with E-state index >= 15 is 0 Å². The number of piperidine rings is 1. The van der Waals surface area contributed by atoms with Crippen LogP contribution >= 0.6 is 0 Å². The van der Waals surface area contributed by atoms with Gasteiger partial charge in [0.1, 0.15) is 23.3 Å². The van der Waals surface area contributed by atoms with Crippen LogP contribution in [0.4, 0.5) is 13.2 Å². The summed E-state index contributed by atoms with van der Waals surface area (Å²) < 4.78 is 42.0. The first-order valence-electron chi connectivity index (χ1n) is 10.7. The molecule has 0 unspecified atom stereocenters. The Hall–Kier alpha value is -4.02. The van der Waals surface area contributed by atoms with Crippen molar-refractivity contribution in [3.05, 3.63) is 87.2 Å². The van der Waals surface area contributed by atoms with Crippen LogP contribution in [0.15, 0.2) is 47.3 Å². The number of nitrogens with one attached hydrogen (secondary N) is 1. The van der Waals surface area contributed by atoms with Crippen molar-refractivity contribution in [1.29, 1.82) is 0 Å². The number of carbonyl (C=O) groups is 1. The van der Waals surface area contributed by atoms with Gasteiger partial charge in [-0.3, -0.25) is 9.59 Å². The number of fused-ring (bicyclic) bond motifs is 1. The Bertz CT molecular complexity index is 1430. The minimum Gasteiger partial charge on any atom is -0.338 e. The van der Waals surface area contributed by atoms with Crippen LogP contribution in [0.2, 0.25) is 0 Å². The van der Waals surface area contributed by atoms with Gasteiger partial charge in [0.2, 0.25) is 0 Å². The zero-order valence-corrected chi connectivity index (χ0v) is 17.8. The Balaban J connectivity index is 1.42. The number of rotatable bonds is 4. The van der Waals surface area contributed by atoms with Crippen LogP contribution in [0.25, 0.3) is 11.2 Å². The van der Waals surface area contributed by atoms with Gasteiger partial charge in [-0.2, -0.15) is 0 Å². The summed E-state index contributed by atoms with van der Waals surface area (Å²) in [4.78, 5) is 34.3. The molecule has 1 aliphatic heterocycles. The number of nitrogens with zero attached hydrogens (tertiary/aromatic N) is 5. The van der Waals surface area contributed by atoms with Gasteiger partial charge < -0.3 is 9.88 Å². The van der Waals surface area contributed by atoms with Crippen LogP contribution in [-0.2, 0) is 6.54 Å². The molecule has 1 aliphatic rings. The molecule has 0 aliphatic carbocycles. The highest BCUT2D eigenvalue weighted by Gasteiger charge is 2.29. The molecule has 4 aromatic rings. The Morgan fingerprint density at radius 3 is 2.62 bits per heavy atom. The van der Waals surface area contributed by atoms with Gasteiger partial charge in [-0.1, -0.05) is 17.3 Å². The van der Waals surface area contributed by atoms with E-state index in [0.29, 0.717) is 31.3 Å². The molecule has 34 heavy (non-hydrogen) atoms. The van der Waals surface area contributed by atoms with Crippen LogP contribution in [0.5, 0.6) is 0 Å². The van der Waals surface area contributed by atoms with E-state index < -0.39 is 23.1 Å². The van der Waals surface area contributed by atoms with E-state index in [0.717, 1.165) is 17.7 Å². The SMILES string of the molecule is O=C(c1ccc(F)cc1F)N1CCC[C@@H](c2nc3c(nnn3Cc3ccc(F)cc3)c(=O)[nH]2)C1. The smallest absolute Gasteiger partial charge is 0.281 e. The largest absolute Gasteiger partial charge is 0.338 e. The van der Waals surface area contributed by atoms with E-state index in [4.69, 9.17) is 0 Å². The Morgan fingerprint density at radius 1 is 1.09 bits per heavy atom. The topological polar surface area (TPSA) is 96.8 Å². The van der Waals surface area contributed by atoms with Crippen molar-refractivity contribution < 1.29 is 18.0 Å². The first-order valence-corrected chi connectivity index (χ1v) is 10.7. The van der Waals surface area contributed by atoms with Crippen molar-refractivity contribution in [2.24, 2.45) is 0 Å². The van der Waals surface area contributed by atoms with Crippen molar-refractivity contribution in [3.8, 4) is 0 Å². The summed E-state index contributed by atoms with van der Waals surface area (Å²) in [6.45, 7) is 0.859. The predicted octanol–water partition coefficient (Wildman–Crippen LogP) is 3.00. The highest BCUT2D eigenvalue weighted by Crippen LogP contribution is 2.26. The average Bonchev–Trinajstić information content (AvgIpc) is 3.23. The number of hydrogen-bond acceptors (Lipinski definition) is 5. The molecule has 0 bridgehead atoms. The van der Waals surface area contributed by atoms with Gasteiger partial charge in [-0.15, -0.1) is 5.10 Å². The maximum absolute atomic E-state index is 14.1.